The van der Waals surface area contributed by atoms with Crippen molar-refractivity contribution in [2.24, 2.45) is 16.6 Å². The standard InChI is InChI=1S/C15H21BrFNO/c1-14(2)5-6-15(9-18,13(14)19)8-10-7-11(16)3-4-12(10)17/h3-4,7,13,19H,5-6,8-9,18H2,1-2H3. The number of rotatable bonds is 3. The van der Waals surface area contributed by atoms with E-state index in [-0.39, 0.29) is 11.2 Å². The van der Waals surface area contributed by atoms with Crippen LogP contribution in [0, 0.1) is 16.6 Å². The van der Waals surface area contributed by atoms with Crippen molar-refractivity contribution in [3.8, 4) is 0 Å². The summed E-state index contributed by atoms with van der Waals surface area (Å²) in [5.74, 6) is -0.229. The fourth-order valence-electron chi connectivity index (χ4n) is 3.20. The van der Waals surface area contributed by atoms with Crippen molar-refractivity contribution >= 4 is 15.9 Å². The minimum atomic E-state index is -0.497. The summed E-state index contributed by atoms with van der Waals surface area (Å²) in [6.45, 7) is 4.47. The number of aliphatic hydroxyl groups excluding tert-OH is 1. The van der Waals surface area contributed by atoms with Crippen molar-refractivity contribution in [3.63, 3.8) is 0 Å². The van der Waals surface area contributed by atoms with Crippen LogP contribution in [0.15, 0.2) is 22.7 Å². The van der Waals surface area contributed by atoms with Crippen LogP contribution in [-0.2, 0) is 6.42 Å². The van der Waals surface area contributed by atoms with E-state index in [0.717, 1.165) is 17.3 Å². The summed E-state index contributed by atoms with van der Waals surface area (Å²) in [5, 5.41) is 10.6. The molecule has 1 aliphatic rings. The molecule has 1 aromatic carbocycles. The largest absolute Gasteiger partial charge is 0.392 e. The highest BCUT2D eigenvalue weighted by molar-refractivity contribution is 9.10. The molecule has 0 bridgehead atoms. The zero-order valence-electron chi connectivity index (χ0n) is 11.4. The van der Waals surface area contributed by atoms with E-state index >= 15 is 0 Å². The van der Waals surface area contributed by atoms with Crippen LogP contribution in [0.5, 0.6) is 0 Å². The van der Waals surface area contributed by atoms with E-state index in [1.807, 2.05) is 13.8 Å². The highest BCUT2D eigenvalue weighted by atomic mass is 79.9. The van der Waals surface area contributed by atoms with Gasteiger partial charge in [0.2, 0.25) is 0 Å². The molecular formula is C15H21BrFNO. The summed E-state index contributed by atoms with van der Waals surface area (Å²) in [6.07, 6.45) is 1.74. The van der Waals surface area contributed by atoms with Gasteiger partial charge in [-0.25, -0.2) is 4.39 Å². The smallest absolute Gasteiger partial charge is 0.126 e. The van der Waals surface area contributed by atoms with Gasteiger partial charge in [0.1, 0.15) is 5.82 Å². The monoisotopic (exact) mass is 329 g/mol. The van der Waals surface area contributed by atoms with Crippen LogP contribution in [0.2, 0.25) is 0 Å². The lowest BCUT2D eigenvalue weighted by Gasteiger charge is -2.36. The van der Waals surface area contributed by atoms with Gasteiger partial charge in [-0.2, -0.15) is 0 Å². The van der Waals surface area contributed by atoms with Crippen molar-refractivity contribution in [1.82, 2.24) is 0 Å². The van der Waals surface area contributed by atoms with Gasteiger partial charge in [0.15, 0.2) is 0 Å². The number of hydrogen-bond donors (Lipinski definition) is 2. The average molecular weight is 330 g/mol. The van der Waals surface area contributed by atoms with Crippen molar-refractivity contribution in [2.45, 2.75) is 39.2 Å². The lowest BCUT2D eigenvalue weighted by molar-refractivity contribution is -0.00499. The molecule has 0 saturated heterocycles. The van der Waals surface area contributed by atoms with Gasteiger partial charge in [-0.1, -0.05) is 29.8 Å². The summed E-state index contributed by atoms with van der Waals surface area (Å²) in [5.41, 5.74) is 5.98. The van der Waals surface area contributed by atoms with Gasteiger partial charge in [0, 0.05) is 16.4 Å². The first-order valence-corrected chi connectivity index (χ1v) is 7.42. The van der Waals surface area contributed by atoms with Crippen molar-refractivity contribution in [1.29, 1.82) is 0 Å². The van der Waals surface area contributed by atoms with Gasteiger partial charge >= 0.3 is 0 Å². The van der Waals surface area contributed by atoms with Gasteiger partial charge < -0.3 is 10.8 Å². The van der Waals surface area contributed by atoms with E-state index in [2.05, 4.69) is 15.9 Å². The molecular weight excluding hydrogens is 309 g/mol. The second kappa shape index (κ2) is 5.15. The second-order valence-corrected chi connectivity index (χ2v) is 7.29. The molecule has 0 spiro atoms. The molecule has 1 aromatic rings. The minimum Gasteiger partial charge on any atom is -0.392 e. The maximum atomic E-state index is 13.9. The third-order valence-corrected chi connectivity index (χ3v) is 5.04. The molecule has 0 heterocycles. The van der Waals surface area contributed by atoms with Crippen molar-refractivity contribution in [2.75, 3.05) is 6.54 Å². The van der Waals surface area contributed by atoms with Crippen LogP contribution in [0.1, 0.15) is 32.3 Å². The molecule has 19 heavy (non-hydrogen) atoms. The van der Waals surface area contributed by atoms with Gasteiger partial charge in [-0.3, -0.25) is 0 Å². The molecule has 3 N–H and O–H groups in total. The molecule has 106 valence electrons. The second-order valence-electron chi connectivity index (χ2n) is 6.37. The Hall–Kier alpha value is -0.450. The first kappa shape index (κ1) is 14.9. The lowest BCUT2D eigenvalue weighted by Crippen LogP contribution is -2.44. The fraction of sp³-hybridized carbons (Fsp3) is 0.600. The van der Waals surface area contributed by atoms with Crippen LogP contribution in [-0.4, -0.2) is 17.8 Å². The van der Waals surface area contributed by atoms with Crippen LogP contribution < -0.4 is 5.73 Å². The molecule has 0 radical (unpaired) electrons. The van der Waals surface area contributed by atoms with Crippen LogP contribution in [0.25, 0.3) is 0 Å². The Kier molecular flexibility index (Phi) is 4.05. The highest BCUT2D eigenvalue weighted by Crippen LogP contribution is 2.50. The van der Waals surface area contributed by atoms with Gasteiger partial charge in [0.25, 0.3) is 0 Å². The summed E-state index contributed by atoms with van der Waals surface area (Å²) >= 11 is 3.36. The predicted octanol–water partition coefficient (Wildman–Crippen LogP) is 3.26. The number of benzene rings is 1. The predicted molar refractivity (Wildman–Crippen MR) is 78.3 cm³/mol. The van der Waals surface area contributed by atoms with E-state index in [0.29, 0.717) is 18.5 Å². The molecule has 1 saturated carbocycles. The van der Waals surface area contributed by atoms with E-state index < -0.39 is 11.5 Å². The van der Waals surface area contributed by atoms with Gasteiger partial charge in [-0.15, -0.1) is 0 Å². The van der Waals surface area contributed by atoms with Crippen molar-refractivity contribution < 1.29 is 9.50 Å². The molecule has 2 nitrogen and oxygen atoms in total. The number of halogens is 2. The molecule has 1 aliphatic carbocycles. The Morgan fingerprint density at radius 2 is 2.11 bits per heavy atom. The Balaban J connectivity index is 2.32. The van der Waals surface area contributed by atoms with Crippen LogP contribution >= 0.6 is 15.9 Å². The van der Waals surface area contributed by atoms with Crippen molar-refractivity contribution in [3.05, 3.63) is 34.1 Å². The maximum Gasteiger partial charge on any atom is 0.126 e. The third kappa shape index (κ3) is 2.71. The van der Waals surface area contributed by atoms with Crippen LogP contribution in [0.3, 0.4) is 0 Å². The average Bonchev–Trinajstić information content (AvgIpc) is 2.59. The van der Waals surface area contributed by atoms with Gasteiger partial charge in [0.05, 0.1) is 6.10 Å². The first-order valence-electron chi connectivity index (χ1n) is 6.63. The topological polar surface area (TPSA) is 46.2 Å². The first-order chi connectivity index (χ1) is 8.81. The van der Waals surface area contributed by atoms with E-state index in [4.69, 9.17) is 5.73 Å². The number of aliphatic hydroxyl groups is 1. The zero-order valence-corrected chi connectivity index (χ0v) is 13.0. The fourth-order valence-corrected chi connectivity index (χ4v) is 3.61. The minimum absolute atomic E-state index is 0.151. The zero-order chi connectivity index (χ0) is 14.3. The number of hydrogen-bond acceptors (Lipinski definition) is 2. The molecule has 0 amide bonds. The molecule has 0 aromatic heterocycles. The molecule has 0 aliphatic heterocycles. The molecule has 1 fully saturated rings. The van der Waals surface area contributed by atoms with Crippen LogP contribution in [0.4, 0.5) is 4.39 Å². The Morgan fingerprint density at radius 1 is 1.42 bits per heavy atom. The number of nitrogens with two attached hydrogens (primary N) is 1. The van der Waals surface area contributed by atoms with Gasteiger partial charge in [-0.05, 0) is 48.4 Å². The molecule has 2 rings (SSSR count). The maximum absolute atomic E-state index is 13.9. The highest BCUT2D eigenvalue weighted by Gasteiger charge is 2.51. The molecule has 2 atom stereocenters. The SMILES string of the molecule is CC1(C)CCC(CN)(Cc2cc(Br)ccc2F)C1O. The Labute approximate surface area is 122 Å². The van der Waals surface area contributed by atoms with E-state index in [1.165, 1.54) is 6.07 Å². The Bertz CT molecular complexity index is 477. The quantitative estimate of drug-likeness (QED) is 0.894. The summed E-state index contributed by atoms with van der Waals surface area (Å²) in [4.78, 5) is 0. The van der Waals surface area contributed by atoms with E-state index in [1.54, 1.807) is 12.1 Å². The lowest BCUT2D eigenvalue weighted by atomic mass is 9.74. The Morgan fingerprint density at radius 3 is 2.63 bits per heavy atom. The molecule has 4 heteroatoms. The summed E-state index contributed by atoms with van der Waals surface area (Å²) in [7, 11) is 0. The normalized spacial score (nSPS) is 29.7. The third-order valence-electron chi connectivity index (χ3n) is 4.54. The van der Waals surface area contributed by atoms with E-state index in [9.17, 15) is 9.50 Å². The molecule has 2 unspecified atom stereocenters. The summed E-state index contributed by atoms with van der Waals surface area (Å²) < 4.78 is 14.8. The summed E-state index contributed by atoms with van der Waals surface area (Å²) in [6, 6.07) is 4.92.